The van der Waals surface area contributed by atoms with Crippen LogP contribution in [0.4, 0.5) is 0 Å². The largest absolute Gasteiger partial charge is 0.354 e. The molecule has 5 heteroatoms. The van der Waals surface area contributed by atoms with Crippen LogP contribution in [0.15, 0.2) is 128 Å². The smallest absolute Gasteiger partial charge is 0.0737 e. The summed E-state index contributed by atoms with van der Waals surface area (Å²) in [4.78, 5) is 23.9. The molecule has 406 valence electrons. The maximum absolute atomic E-state index is 5.83. The summed E-state index contributed by atoms with van der Waals surface area (Å²) in [5, 5.41) is 0. The predicted octanol–water partition coefficient (Wildman–Crippen LogP) is 19.9. The Kier molecular flexibility index (Phi) is 13.9. The molecule has 0 unspecified atom stereocenters. The van der Waals surface area contributed by atoms with Crippen LogP contribution in [0.1, 0.15) is 192 Å². The van der Waals surface area contributed by atoms with Crippen LogP contribution in [0.2, 0.25) is 0 Å². The Morgan fingerprint density at radius 1 is 0.287 bits per heavy atom. The molecule has 4 aromatic carbocycles. The molecule has 8 bridgehead atoms. The molecule has 0 spiro atoms. The number of benzene rings is 4. The van der Waals surface area contributed by atoms with Gasteiger partial charge in [0.2, 0.25) is 0 Å². The van der Waals surface area contributed by atoms with Gasteiger partial charge in [0.25, 0.3) is 0 Å². The maximum atomic E-state index is 5.83. The zero-order valence-corrected chi connectivity index (χ0v) is 50.8. The highest BCUT2D eigenvalue weighted by Gasteiger charge is 2.28. The Bertz CT molecular complexity index is 3850. The lowest BCUT2D eigenvalue weighted by atomic mass is 9.78. The van der Waals surface area contributed by atoms with Crippen molar-refractivity contribution in [2.24, 2.45) is 0 Å². The molecule has 0 amide bonds. The molecule has 2 aliphatic rings. The number of nitrogens with one attached hydrogen (secondary N) is 2. The van der Waals surface area contributed by atoms with E-state index in [1.54, 1.807) is 12.4 Å². The zero-order valence-electron chi connectivity index (χ0n) is 50.8. The van der Waals surface area contributed by atoms with Gasteiger partial charge in [-0.2, -0.15) is 0 Å². The maximum Gasteiger partial charge on any atom is 0.0737 e. The fraction of sp³-hybridized carbons (Fsp3) is 0.320. The number of aromatic nitrogens is 5. The van der Waals surface area contributed by atoms with Crippen LogP contribution >= 0.6 is 0 Å². The molecule has 10 rings (SSSR count). The van der Waals surface area contributed by atoms with E-state index in [2.05, 4.69) is 279 Å². The molecular formula is C75H81N5. The fourth-order valence-corrected chi connectivity index (χ4v) is 10.6. The van der Waals surface area contributed by atoms with Crippen LogP contribution in [-0.2, 0) is 32.5 Å². The minimum Gasteiger partial charge on any atom is -0.354 e. The fourth-order valence-electron chi connectivity index (χ4n) is 10.6. The van der Waals surface area contributed by atoms with Crippen molar-refractivity contribution < 1.29 is 0 Å². The highest BCUT2D eigenvalue weighted by atomic mass is 14.8. The molecule has 0 fully saturated rings. The minimum absolute atomic E-state index is 0.104. The topological polar surface area (TPSA) is 70.2 Å². The first-order chi connectivity index (χ1) is 37.4. The quantitative estimate of drug-likeness (QED) is 0.173. The van der Waals surface area contributed by atoms with E-state index in [1.165, 1.54) is 33.4 Å². The van der Waals surface area contributed by atoms with Crippen molar-refractivity contribution in [3.63, 3.8) is 0 Å². The van der Waals surface area contributed by atoms with Crippen LogP contribution in [0.5, 0.6) is 0 Å². The number of hydrogen-bond acceptors (Lipinski definition) is 3. The van der Waals surface area contributed by atoms with Crippen LogP contribution in [0, 0.1) is 11.8 Å². The molecule has 0 atom stereocenters. The first-order valence-corrected chi connectivity index (χ1v) is 28.6. The predicted molar refractivity (Wildman–Crippen MR) is 343 cm³/mol. The summed E-state index contributed by atoms with van der Waals surface area (Å²) in [5.41, 5.74) is 24.9. The number of aromatic amines is 2. The Morgan fingerprint density at radius 2 is 0.537 bits per heavy atom. The highest BCUT2D eigenvalue weighted by molar-refractivity contribution is 6.00. The summed E-state index contributed by atoms with van der Waals surface area (Å²) >= 11 is 0. The molecule has 0 saturated carbocycles. The van der Waals surface area contributed by atoms with Gasteiger partial charge in [0.1, 0.15) is 0 Å². The molecule has 0 aliphatic carbocycles. The zero-order chi connectivity index (χ0) is 57.5. The van der Waals surface area contributed by atoms with Crippen molar-refractivity contribution in [1.29, 1.82) is 0 Å². The van der Waals surface area contributed by atoms with Crippen molar-refractivity contribution in [3.05, 3.63) is 195 Å². The Hall–Kier alpha value is -7.81. The van der Waals surface area contributed by atoms with E-state index in [0.717, 1.165) is 100 Å². The number of rotatable bonds is 4. The van der Waals surface area contributed by atoms with Crippen molar-refractivity contribution >= 4 is 46.4 Å². The average molecular weight is 1050 g/mol. The molecular weight excluding hydrogens is 971 g/mol. The lowest BCUT2D eigenvalue weighted by Gasteiger charge is -2.26. The van der Waals surface area contributed by atoms with Crippen LogP contribution in [0.3, 0.4) is 0 Å². The molecule has 2 N–H and O–H groups in total. The van der Waals surface area contributed by atoms with Crippen molar-refractivity contribution in [2.75, 3.05) is 0 Å². The molecule has 80 heavy (non-hydrogen) atoms. The lowest BCUT2D eigenvalue weighted by molar-refractivity contribution is 0.568. The van der Waals surface area contributed by atoms with Gasteiger partial charge >= 0.3 is 0 Å². The van der Waals surface area contributed by atoms with Gasteiger partial charge in [-0.3, -0.25) is 4.98 Å². The normalized spacial score (nSPS) is 13.2. The second-order valence-corrected chi connectivity index (χ2v) is 28.5. The van der Waals surface area contributed by atoms with Crippen LogP contribution in [-0.4, -0.2) is 24.9 Å². The van der Waals surface area contributed by atoms with Gasteiger partial charge in [-0.25, -0.2) is 9.97 Å². The van der Waals surface area contributed by atoms with Gasteiger partial charge in [0.15, 0.2) is 0 Å². The van der Waals surface area contributed by atoms with Gasteiger partial charge < -0.3 is 9.97 Å². The van der Waals surface area contributed by atoms with Crippen molar-refractivity contribution in [2.45, 2.75) is 157 Å². The van der Waals surface area contributed by atoms with Gasteiger partial charge in [-0.1, -0.05) is 203 Å². The van der Waals surface area contributed by atoms with Crippen molar-refractivity contribution in [3.8, 4) is 56.3 Å². The third-order valence-electron chi connectivity index (χ3n) is 15.8. The Morgan fingerprint density at radius 3 is 0.800 bits per heavy atom. The summed E-state index contributed by atoms with van der Waals surface area (Å²) in [7, 11) is 0. The van der Waals surface area contributed by atoms with E-state index in [1.807, 2.05) is 12.1 Å². The number of nitrogens with zero attached hydrogens (tertiary/aromatic N) is 3. The molecule has 4 aromatic heterocycles. The second kappa shape index (κ2) is 20.1. The van der Waals surface area contributed by atoms with E-state index >= 15 is 0 Å². The summed E-state index contributed by atoms with van der Waals surface area (Å²) < 4.78 is 0. The summed E-state index contributed by atoms with van der Waals surface area (Å²) in [6.45, 7) is 41.6. The first kappa shape index (κ1) is 55.5. The van der Waals surface area contributed by atoms with E-state index in [4.69, 9.17) is 9.97 Å². The molecule has 2 aliphatic heterocycles. The molecule has 0 saturated heterocycles. The Balaban J connectivity index is 1.39. The number of fused-ring (bicyclic) bond motifs is 8. The number of hydrogen-bond donors (Lipinski definition) is 2. The van der Waals surface area contributed by atoms with E-state index < -0.39 is 0 Å². The third-order valence-corrected chi connectivity index (χ3v) is 15.8. The van der Waals surface area contributed by atoms with Crippen LogP contribution in [0.25, 0.3) is 90.9 Å². The summed E-state index contributed by atoms with van der Waals surface area (Å²) in [5.74, 6) is 6.70. The van der Waals surface area contributed by atoms with Crippen LogP contribution < -0.4 is 0 Å². The van der Waals surface area contributed by atoms with E-state index in [9.17, 15) is 0 Å². The minimum atomic E-state index is -0.106. The summed E-state index contributed by atoms with van der Waals surface area (Å²) in [6.07, 6.45) is 12.4. The SMILES string of the molecule is CC(C)(C)c1cc(-c2c3nc(c(-c4cc(C(C)(C)C)cc(C(C)(C)C)c4)c4ccc([nH]4)c(-c4cc(C(C)(C)C)cc(C(C)(C)C)c4)c4nc(c(-c5ccc(C#Cc6ccncc6)cc5)c5ccc2[nH]5)C=C4)C=C3)cc(C(C)(C)C)c1. The first-order valence-electron chi connectivity index (χ1n) is 28.6. The van der Waals surface area contributed by atoms with Crippen molar-refractivity contribution in [1.82, 2.24) is 24.9 Å². The Labute approximate surface area is 477 Å². The highest BCUT2D eigenvalue weighted by Crippen LogP contribution is 2.44. The van der Waals surface area contributed by atoms with Gasteiger partial charge in [0.05, 0.1) is 22.8 Å². The molecule has 6 heterocycles. The van der Waals surface area contributed by atoms with Gasteiger partial charge in [-0.05, 0) is 161 Å². The van der Waals surface area contributed by atoms with E-state index in [0.29, 0.717) is 0 Å². The standard InChI is InChI=1S/C75H81N5/c1-70(2,3)52-37-49(38-53(43-52)71(4,5)6)67-60-27-25-58(77-60)66(48-23-21-46(22-24-48)19-20-47-33-35-76-36-34-47)59-26-28-61(78-59)68(50-39-54(72(7,8)9)44-55(40-50)73(10,11)12)63-30-32-65(80-63)69(64-31-29-62(67)79-64)51-41-56(74(13,14)15)45-57(42-51)75(16,17)18/h21-45,77,80H,1-18H3. The number of pyridine rings is 1. The lowest BCUT2D eigenvalue weighted by Crippen LogP contribution is -2.16. The third kappa shape index (κ3) is 11.5. The molecule has 8 aromatic rings. The van der Waals surface area contributed by atoms with Gasteiger partial charge in [-0.15, -0.1) is 0 Å². The number of H-pyrrole nitrogens is 2. The van der Waals surface area contributed by atoms with Gasteiger partial charge in [0, 0.05) is 67.8 Å². The monoisotopic (exact) mass is 1050 g/mol. The van der Waals surface area contributed by atoms with E-state index in [-0.39, 0.29) is 32.5 Å². The molecule has 0 radical (unpaired) electrons. The molecule has 5 nitrogen and oxygen atoms in total. The second-order valence-electron chi connectivity index (χ2n) is 28.5. The average Bonchev–Trinajstić information content (AvgIpc) is 4.26. The summed E-state index contributed by atoms with van der Waals surface area (Å²) in [6, 6.07) is 43.0.